The Morgan fingerprint density at radius 1 is 1.06 bits per heavy atom. The second kappa shape index (κ2) is 9.00. The highest BCUT2D eigenvalue weighted by atomic mass is 32.1. The van der Waals surface area contributed by atoms with Gasteiger partial charge in [-0.1, -0.05) is 43.2 Å². The number of fused-ring (bicyclic) bond motifs is 3. The molecule has 1 aromatic carbocycles. The Labute approximate surface area is 192 Å². The summed E-state index contributed by atoms with van der Waals surface area (Å²) in [4.78, 5) is 18.2. The minimum absolute atomic E-state index is 0.575. The zero-order valence-corrected chi connectivity index (χ0v) is 19.8. The Morgan fingerprint density at radius 3 is 2.56 bits per heavy atom. The number of nitrogens with zero attached hydrogens (tertiary/aromatic N) is 4. The van der Waals surface area contributed by atoms with Crippen molar-refractivity contribution < 1.29 is 4.74 Å². The van der Waals surface area contributed by atoms with E-state index in [0.717, 1.165) is 76.7 Å². The maximum Gasteiger partial charge on any atom is 0.236 e. The number of rotatable bonds is 6. The van der Waals surface area contributed by atoms with Crippen LogP contribution in [0.2, 0.25) is 0 Å². The zero-order valence-electron chi connectivity index (χ0n) is 18.9. The summed E-state index contributed by atoms with van der Waals surface area (Å²) in [5, 5.41) is 4.56. The molecule has 0 spiro atoms. The molecule has 6 nitrogen and oxygen atoms in total. The predicted octanol–water partition coefficient (Wildman–Crippen LogP) is 4.98. The van der Waals surface area contributed by atoms with E-state index in [1.807, 2.05) is 6.92 Å². The molecule has 1 aliphatic rings. The molecule has 3 aromatic heterocycles. The Morgan fingerprint density at radius 2 is 1.84 bits per heavy atom. The first-order valence-corrected chi connectivity index (χ1v) is 12.3. The fourth-order valence-electron chi connectivity index (χ4n) is 4.26. The Hall–Kier alpha value is -2.77. The molecule has 4 heterocycles. The van der Waals surface area contributed by atoms with Gasteiger partial charge in [0.1, 0.15) is 15.0 Å². The van der Waals surface area contributed by atoms with Crippen LogP contribution in [0.25, 0.3) is 31.7 Å². The van der Waals surface area contributed by atoms with Crippen molar-refractivity contribution in [3.63, 3.8) is 0 Å². The van der Waals surface area contributed by atoms with Crippen LogP contribution in [0.1, 0.15) is 31.4 Å². The topological polar surface area (TPSA) is 63.2 Å². The molecule has 0 amide bonds. The van der Waals surface area contributed by atoms with Crippen LogP contribution in [0.15, 0.2) is 30.3 Å². The summed E-state index contributed by atoms with van der Waals surface area (Å²) in [5.74, 6) is 1.43. The number of ether oxygens (including phenoxy) is 1. The van der Waals surface area contributed by atoms with E-state index < -0.39 is 0 Å². The van der Waals surface area contributed by atoms with Gasteiger partial charge in [-0.05, 0) is 31.9 Å². The molecule has 0 radical (unpaired) electrons. The van der Waals surface area contributed by atoms with Gasteiger partial charge in [0.05, 0.1) is 12.3 Å². The number of hydrogen-bond acceptors (Lipinski definition) is 7. The molecule has 7 heteroatoms. The highest BCUT2D eigenvalue weighted by Gasteiger charge is 2.22. The van der Waals surface area contributed by atoms with Crippen LogP contribution in [0.5, 0.6) is 5.88 Å². The van der Waals surface area contributed by atoms with Crippen LogP contribution >= 0.6 is 11.3 Å². The van der Waals surface area contributed by atoms with Gasteiger partial charge in [-0.15, -0.1) is 11.3 Å². The number of aromatic nitrogens is 3. The molecule has 1 aliphatic heterocycles. The van der Waals surface area contributed by atoms with Crippen LogP contribution in [0.4, 0.5) is 5.95 Å². The molecule has 0 aliphatic carbocycles. The smallest absolute Gasteiger partial charge is 0.236 e. The quantitative estimate of drug-likeness (QED) is 0.450. The zero-order chi connectivity index (χ0) is 22.1. The third-order valence-electron chi connectivity index (χ3n) is 5.87. The molecule has 1 fully saturated rings. The van der Waals surface area contributed by atoms with Crippen LogP contribution in [-0.2, 0) is 6.42 Å². The van der Waals surface area contributed by atoms with E-state index >= 15 is 0 Å². The lowest BCUT2D eigenvalue weighted by atomic mass is 10.0. The Kier molecular flexibility index (Phi) is 5.93. The van der Waals surface area contributed by atoms with Crippen molar-refractivity contribution in [3.05, 3.63) is 41.5 Å². The van der Waals surface area contributed by atoms with E-state index in [1.54, 1.807) is 11.3 Å². The summed E-state index contributed by atoms with van der Waals surface area (Å²) < 4.78 is 6.99. The van der Waals surface area contributed by atoms with E-state index in [-0.39, 0.29) is 0 Å². The van der Waals surface area contributed by atoms with Gasteiger partial charge in [-0.3, -0.25) is 0 Å². The number of piperazine rings is 1. The first-order valence-electron chi connectivity index (χ1n) is 11.5. The van der Waals surface area contributed by atoms with E-state index in [4.69, 9.17) is 19.7 Å². The predicted molar refractivity (Wildman–Crippen MR) is 133 cm³/mol. The molecule has 1 saturated heterocycles. The molecule has 0 unspecified atom stereocenters. The maximum atomic E-state index is 6.00. The molecule has 0 saturated carbocycles. The standard InChI is InChI=1S/C25H29N5OS/c1-4-6-18-15-19(17-9-7-16(3)8-10-17)27-24-20(18)21-22(32-24)23(31-5-2)29-25(28-21)30-13-11-26-12-14-30/h7-10,15,26H,4-6,11-14H2,1-3H3. The van der Waals surface area contributed by atoms with E-state index in [0.29, 0.717) is 12.5 Å². The number of anilines is 1. The van der Waals surface area contributed by atoms with Crippen molar-refractivity contribution >= 4 is 37.7 Å². The SMILES string of the molecule is CCCc1cc(-c2ccc(C)cc2)nc2sc3c(OCC)nc(N4CCNCC4)nc3c12. The van der Waals surface area contributed by atoms with Crippen molar-refractivity contribution in [1.29, 1.82) is 0 Å². The number of aryl methyl sites for hydroxylation is 2. The molecule has 1 N–H and O–H groups in total. The fraction of sp³-hybridized carbons (Fsp3) is 0.400. The van der Waals surface area contributed by atoms with E-state index in [2.05, 4.69) is 54.4 Å². The summed E-state index contributed by atoms with van der Waals surface area (Å²) in [6.45, 7) is 10.6. The van der Waals surface area contributed by atoms with Crippen molar-refractivity contribution in [1.82, 2.24) is 20.3 Å². The molecule has 5 rings (SSSR count). The van der Waals surface area contributed by atoms with Gasteiger partial charge in [0.15, 0.2) is 0 Å². The molecule has 0 bridgehead atoms. The summed E-state index contributed by atoms with van der Waals surface area (Å²) in [5.41, 5.74) is 5.68. The lowest BCUT2D eigenvalue weighted by Crippen LogP contribution is -2.44. The summed E-state index contributed by atoms with van der Waals surface area (Å²) in [7, 11) is 0. The van der Waals surface area contributed by atoms with Gasteiger partial charge >= 0.3 is 0 Å². The molecule has 4 aromatic rings. The van der Waals surface area contributed by atoms with E-state index in [9.17, 15) is 0 Å². The second-order valence-electron chi connectivity index (χ2n) is 8.24. The van der Waals surface area contributed by atoms with Crippen molar-refractivity contribution in [2.24, 2.45) is 0 Å². The number of thiophene rings is 1. The van der Waals surface area contributed by atoms with Gasteiger partial charge in [0, 0.05) is 37.1 Å². The molecular weight excluding hydrogens is 418 g/mol. The third-order valence-corrected chi connectivity index (χ3v) is 6.93. The van der Waals surface area contributed by atoms with Gasteiger partial charge in [0.2, 0.25) is 11.8 Å². The number of pyridine rings is 1. The fourth-order valence-corrected chi connectivity index (χ4v) is 5.36. The summed E-state index contributed by atoms with van der Waals surface area (Å²) in [6, 6.07) is 10.8. The van der Waals surface area contributed by atoms with Crippen molar-refractivity contribution in [2.75, 3.05) is 37.7 Å². The average molecular weight is 448 g/mol. The monoisotopic (exact) mass is 447 g/mol. The average Bonchev–Trinajstić information content (AvgIpc) is 3.19. The van der Waals surface area contributed by atoms with Crippen LogP contribution in [0.3, 0.4) is 0 Å². The second-order valence-corrected chi connectivity index (χ2v) is 9.24. The number of benzene rings is 1. The van der Waals surface area contributed by atoms with Gasteiger partial charge in [0.25, 0.3) is 0 Å². The minimum atomic E-state index is 0.575. The van der Waals surface area contributed by atoms with Crippen LogP contribution < -0.4 is 15.0 Å². The summed E-state index contributed by atoms with van der Waals surface area (Å²) in [6.07, 6.45) is 2.05. The van der Waals surface area contributed by atoms with Crippen molar-refractivity contribution in [2.45, 2.75) is 33.6 Å². The highest BCUT2D eigenvalue weighted by molar-refractivity contribution is 7.25. The third kappa shape index (κ3) is 3.91. The van der Waals surface area contributed by atoms with Gasteiger partial charge < -0.3 is 15.0 Å². The first-order chi connectivity index (χ1) is 15.7. The molecule has 0 atom stereocenters. The largest absolute Gasteiger partial charge is 0.477 e. The lowest BCUT2D eigenvalue weighted by Gasteiger charge is -2.27. The van der Waals surface area contributed by atoms with Gasteiger partial charge in [-0.25, -0.2) is 9.97 Å². The molecular formula is C25H29N5OS. The number of hydrogen-bond donors (Lipinski definition) is 1. The molecule has 166 valence electrons. The minimum Gasteiger partial charge on any atom is -0.477 e. The van der Waals surface area contributed by atoms with Crippen molar-refractivity contribution in [3.8, 4) is 17.1 Å². The number of nitrogens with one attached hydrogen (secondary N) is 1. The van der Waals surface area contributed by atoms with Crippen LogP contribution in [-0.4, -0.2) is 47.7 Å². The highest BCUT2D eigenvalue weighted by Crippen LogP contribution is 2.41. The normalized spacial score (nSPS) is 14.4. The van der Waals surface area contributed by atoms with Crippen LogP contribution in [0, 0.1) is 6.92 Å². The van der Waals surface area contributed by atoms with Gasteiger partial charge in [-0.2, -0.15) is 4.98 Å². The van der Waals surface area contributed by atoms with E-state index in [1.165, 1.54) is 11.1 Å². The Balaban J connectivity index is 1.73. The lowest BCUT2D eigenvalue weighted by molar-refractivity contribution is 0.331. The molecule has 32 heavy (non-hydrogen) atoms. The summed E-state index contributed by atoms with van der Waals surface area (Å²) >= 11 is 1.64. The first kappa shape index (κ1) is 21.1. The Bertz CT molecular complexity index is 1250. The maximum absolute atomic E-state index is 6.00.